The molecule has 0 radical (unpaired) electrons. The Bertz CT molecular complexity index is 661. The number of hydrogen-bond donors (Lipinski definition) is 2. The summed E-state index contributed by atoms with van der Waals surface area (Å²) in [6.07, 6.45) is 3.02. The molecule has 0 fully saturated rings. The third kappa shape index (κ3) is 3.12. The second kappa shape index (κ2) is 6.16. The Hall–Kier alpha value is -2.41. The zero-order chi connectivity index (χ0) is 14.5. The monoisotopic (exact) mass is 289 g/mol. The average Bonchev–Trinajstić information content (AvgIpc) is 2.47. The normalized spacial score (nSPS) is 10.1. The highest BCUT2D eigenvalue weighted by molar-refractivity contribution is 7.99. The zero-order valence-electron chi connectivity index (χ0n) is 10.5. The Balaban J connectivity index is 2.31. The molecule has 2 heterocycles. The summed E-state index contributed by atoms with van der Waals surface area (Å²) in [5.74, 6) is -1.34. The van der Waals surface area contributed by atoms with Gasteiger partial charge in [0.2, 0.25) is 0 Å². The third-order valence-corrected chi connectivity index (χ3v) is 3.42. The number of nitrogens with one attached hydrogen (secondary N) is 1. The number of aromatic carboxylic acids is 1. The van der Waals surface area contributed by atoms with Crippen molar-refractivity contribution in [1.29, 1.82) is 0 Å². The van der Waals surface area contributed by atoms with Gasteiger partial charge in [-0.15, -0.1) is 0 Å². The minimum absolute atomic E-state index is 0.121. The Kier molecular flexibility index (Phi) is 4.31. The van der Waals surface area contributed by atoms with Crippen molar-refractivity contribution in [3.63, 3.8) is 0 Å². The first-order chi connectivity index (χ1) is 9.61. The smallest absolute Gasteiger partial charge is 0.338 e. The van der Waals surface area contributed by atoms with Gasteiger partial charge < -0.3 is 10.4 Å². The number of aromatic nitrogens is 2. The van der Waals surface area contributed by atoms with Gasteiger partial charge in [0.1, 0.15) is 10.7 Å². The van der Waals surface area contributed by atoms with Crippen molar-refractivity contribution in [2.75, 3.05) is 7.05 Å². The van der Waals surface area contributed by atoms with E-state index in [4.69, 9.17) is 5.11 Å². The molecule has 6 nitrogen and oxygen atoms in total. The number of carbonyl (C=O) groups is 2. The first kappa shape index (κ1) is 14.0. The second-order valence-electron chi connectivity index (χ2n) is 3.72. The molecule has 0 saturated carbocycles. The molecule has 0 unspecified atom stereocenters. The Morgan fingerprint density at radius 3 is 2.75 bits per heavy atom. The lowest BCUT2D eigenvalue weighted by Gasteiger charge is -2.05. The molecule has 2 aromatic heterocycles. The van der Waals surface area contributed by atoms with Gasteiger partial charge in [0.25, 0.3) is 5.91 Å². The summed E-state index contributed by atoms with van der Waals surface area (Å²) in [6, 6.07) is 6.33. The molecule has 7 heteroatoms. The summed E-state index contributed by atoms with van der Waals surface area (Å²) in [5, 5.41) is 11.9. The topological polar surface area (TPSA) is 92.2 Å². The summed E-state index contributed by atoms with van der Waals surface area (Å²) in [4.78, 5) is 31.3. The molecule has 20 heavy (non-hydrogen) atoms. The van der Waals surface area contributed by atoms with Gasteiger partial charge in [-0.2, -0.15) is 0 Å². The number of carboxylic acid groups (broad SMARTS) is 1. The second-order valence-corrected chi connectivity index (χ2v) is 4.78. The molecular weight excluding hydrogens is 278 g/mol. The van der Waals surface area contributed by atoms with Crippen LogP contribution in [0.25, 0.3) is 0 Å². The van der Waals surface area contributed by atoms with E-state index < -0.39 is 5.97 Å². The van der Waals surface area contributed by atoms with Crippen LogP contribution in [0, 0.1) is 0 Å². The van der Waals surface area contributed by atoms with Crippen LogP contribution in [-0.2, 0) is 0 Å². The maximum atomic E-state index is 11.5. The van der Waals surface area contributed by atoms with Gasteiger partial charge in [-0.1, -0.05) is 11.8 Å². The summed E-state index contributed by atoms with van der Waals surface area (Å²) < 4.78 is 0. The molecule has 0 saturated heterocycles. The van der Waals surface area contributed by atoms with Crippen molar-refractivity contribution < 1.29 is 14.7 Å². The largest absolute Gasteiger partial charge is 0.478 e. The van der Waals surface area contributed by atoms with Crippen molar-refractivity contribution in [1.82, 2.24) is 15.3 Å². The SMILES string of the molecule is CNC(=O)c1cc(Sc2ncccc2C(=O)O)ccn1. The van der Waals surface area contributed by atoms with E-state index in [1.807, 2.05) is 0 Å². The predicted octanol–water partition coefficient (Wildman–Crippen LogP) is 1.69. The van der Waals surface area contributed by atoms with Crippen LogP contribution in [0.15, 0.2) is 46.6 Å². The fourth-order valence-corrected chi connectivity index (χ4v) is 2.38. The first-order valence-electron chi connectivity index (χ1n) is 5.66. The van der Waals surface area contributed by atoms with E-state index in [9.17, 15) is 9.59 Å². The fourth-order valence-electron chi connectivity index (χ4n) is 1.47. The molecule has 0 aliphatic rings. The van der Waals surface area contributed by atoms with Gasteiger partial charge in [-0.05, 0) is 24.3 Å². The van der Waals surface area contributed by atoms with Crippen molar-refractivity contribution in [2.45, 2.75) is 9.92 Å². The first-order valence-corrected chi connectivity index (χ1v) is 6.47. The molecule has 0 atom stereocenters. The lowest BCUT2D eigenvalue weighted by molar-refractivity contribution is 0.0692. The highest BCUT2D eigenvalue weighted by Crippen LogP contribution is 2.28. The van der Waals surface area contributed by atoms with Crippen LogP contribution in [0.2, 0.25) is 0 Å². The number of nitrogens with zero attached hydrogens (tertiary/aromatic N) is 2. The molecule has 0 aromatic carbocycles. The number of rotatable bonds is 4. The van der Waals surface area contributed by atoms with Gasteiger partial charge in [-0.3, -0.25) is 9.78 Å². The van der Waals surface area contributed by atoms with Crippen LogP contribution in [0.5, 0.6) is 0 Å². The quantitative estimate of drug-likeness (QED) is 0.889. The van der Waals surface area contributed by atoms with E-state index in [2.05, 4.69) is 15.3 Å². The fraction of sp³-hybridized carbons (Fsp3) is 0.0769. The molecule has 0 aliphatic heterocycles. The van der Waals surface area contributed by atoms with Crippen LogP contribution >= 0.6 is 11.8 Å². The van der Waals surface area contributed by atoms with E-state index >= 15 is 0 Å². The predicted molar refractivity (Wildman–Crippen MR) is 72.9 cm³/mol. The Labute approximate surface area is 119 Å². The molecule has 1 amide bonds. The lowest BCUT2D eigenvalue weighted by atomic mass is 10.3. The molecular formula is C13H11N3O3S. The van der Waals surface area contributed by atoms with Gasteiger partial charge >= 0.3 is 5.97 Å². The molecule has 0 aliphatic carbocycles. The third-order valence-electron chi connectivity index (χ3n) is 2.41. The molecule has 0 bridgehead atoms. The molecule has 0 spiro atoms. The van der Waals surface area contributed by atoms with Crippen molar-refractivity contribution in [3.05, 3.63) is 47.9 Å². The minimum atomic E-state index is -1.04. The van der Waals surface area contributed by atoms with Crippen LogP contribution < -0.4 is 5.32 Å². The van der Waals surface area contributed by atoms with Crippen molar-refractivity contribution in [2.24, 2.45) is 0 Å². The summed E-state index contributed by atoms with van der Waals surface area (Å²) in [5.41, 5.74) is 0.390. The highest BCUT2D eigenvalue weighted by Gasteiger charge is 2.13. The average molecular weight is 289 g/mol. The maximum absolute atomic E-state index is 11.5. The Morgan fingerprint density at radius 2 is 2.05 bits per heavy atom. The Morgan fingerprint density at radius 1 is 1.25 bits per heavy atom. The van der Waals surface area contributed by atoms with Crippen LogP contribution in [0.3, 0.4) is 0 Å². The number of carbonyl (C=O) groups excluding carboxylic acids is 1. The summed E-state index contributed by atoms with van der Waals surface area (Å²) >= 11 is 1.17. The summed E-state index contributed by atoms with van der Waals surface area (Å²) in [6.45, 7) is 0. The van der Waals surface area contributed by atoms with Gasteiger partial charge in [0, 0.05) is 24.3 Å². The lowest BCUT2D eigenvalue weighted by Crippen LogP contribution is -2.19. The van der Waals surface area contributed by atoms with Crippen molar-refractivity contribution in [3.8, 4) is 0 Å². The van der Waals surface area contributed by atoms with Gasteiger partial charge in [0.15, 0.2) is 0 Å². The highest BCUT2D eigenvalue weighted by atomic mass is 32.2. The number of amides is 1. The molecule has 2 aromatic rings. The molecule has 2 rings (SSSR count). The standard InChI is InChI=1S/C13H11N3O3S/c1-14-11(17)10-7-8(4-6-15-10)20-12-9(13(18)19)3-2-5-16-12/h2-7H,1H3,(H,14,17)(H,18,19). The van der Waals surface area contributed by atoms with E-state index in [1.165, 1.54) is 37.3 Å². The van der Waals surface area contributed by atoms with Gasteiger partial charge in [0.05, 0.1) is 5.56 Å². The van der Waals surface area contributed by atoms with Crippen molar-refractivity contribution >= 4 is 23.6 Å². The van der Waals surface area contributed by atoms with E-state index in [1.54, 1.807) is 18.2 Å². The number of hydrogen-bond acceptors (Lipinski definition) is 5. The van der Waals surface area contributed by atoms with Crippen LogP contribution in [-0.4, -0.2) is 34.0 Å². The van der Waals surface area contributed by atoms with Crippen LogP contribution in [0.4, 0.5) is 0 Å². The maximum Gasteiger partial charge on any atom is 0.338 e. The number of carboxylic acids is 1. The van der Waals surface area contributed by atoms with E-state index in [0.29, 0.717) is 9.92 Å². The van der Waals surface area contributed by atoms with Crippen LogP contribution in [0.1, 0.15) is 20.8 Å². The van der Waals surface area contributed by atoms with E-state index in [-0.39, 0.29) is 17.2 Å². The zero-order valence-corrected chi connectivity index (χ0v) is 11.3. The minimum Gasteiger partial charge on any atom is -0.478 e. The molecule has 102 valence electrons. The molecule has 2 N–H and O–H groups in total. The number of pyridine rings is 2. The summed E-state index contributed by atoms with van der Waals surface area (Å²) in [7, 11) is 1.52. The van der Waals surface area contributed by atoms with Gasteiger partial charge in [-0.25, -0.2) is 9.78 Å². The van der Waals surface area contributed by atoms with E-state index in [0.717, 1.165) is 0 Å².